The van der Waals surface area contributed by atoms with Gasteiger partial charge in [-0.3, -0.25) is 0 Å². The molecule has 0 spiro atoms. The van der Waals surface area contributed by atoms with Crippen LogP contribution in [0, 0.1) is 5.92 Å². The van der Waals surface area contributed by atoms with Gasteiger partial charge in [0.05, 0.1) is 9.69 Å². The smallest absolute Gasteiger partial charge is 0.239 e. The van der Waals surface area contributed by atoms with Gasteiger partial charge < -0.3 is 0 Å². The first-order chi connectivity index (χ1) is 10.5. The second kappa shape index (κ2) is 5.65. The maximum absolute atomic E-state index is 12.6. The molecular formula is C13H17N4O4S+. The molecule has 0 radical (unpaired) electrons. The van der Waals surface area contributed by atoms with Crippen LogP contribution in [0.15, 0.2) is 38.5 Å². The summed E-state index contributed by atoms with van der Waals surface area (Å²) in [5.74, 6) is -0.308. The van der Waals surface area contributed by atoms with Crippen molar-refractivity contribution < 1.29 is 17.7 Å². The molecule has 9 heteroatoms. The van der Waals surface area contributed by atoms with Crippen molar-refractivity contribution in [1.82, 2.24) is 14.7 Å². The summed E-state index contributed by atoms with van der Waals surface area (Å²) in [5, 5.41) is 5.83. The first kappa shape index (κ1) is 14.9. The molecule has 1 saturated heterocycles. The number of rotatable bonds is 3. The number of aromatic nitrogens is 3. The average Bonchev–Trinajstić information content (AvgIpc) is 2.94. The highest BCUT2D eigenvalue weighted by atomic mass is 32.2. The van der Waals surface area contributed by atoms with Crippen LogP contribution in [0.3, 0.4) is 0 Å². The number of aromatic amines is 1. The summed E-state index contributed by atoms with van der Waals surface area (Å²) in [6.45, 7) is 3.16. The van der Waals surface area contributed by atoms with E-state index < -0.39 is 15.8 Å². The monoisotopic (exact) mass is 325 g/mol. The molecule has 0 aliphatic carbocycles. The van der Waals surface area contributed by atoms with E-state index in [0.29, 0.717) is 24.7 Å². The summed E-state index contributed by atoms with van der Waals surface area (Å²) in [4.78, 5) is 12.3. The Morgan fingerprint density at radius 2 is 2.09 bits per heavy atom. The van der Waals surface area contributed by atoms with E-state index in [9.17, 15) is 13.2 Å². The molecule has 118 valence electrons. The van der Waals surface area contributed by atoms with Gasteiger partial charge in [-0.2, -0.15) is 4.31 Å². The predicted molar refractivity (Wildman–Crippen MR) is 75.8 cm³/mol. The van der Waals surface area contributed by atoms with Gasteiger partial charge in [0.2, 0.25) is 15.3 Å². The third kappa shape index (κ3) is 2.81. The van der Waals surface area contributed by atoms with Crippen molar-refractivity contribution in [2.45, 2.75) is 24.7 Å². The van der Waals surface area contributed by atoms with Gasteiger partial charge in [-0.05, 0) is 30.9 Å². The molecular weight excluding hydrogens is 308 g/mol. The normalized spacial score (nSPS) is 20.1. The van der Waals surface area contributed by atoms with Crippen molar-refractivity contribution in [2.24, 2.45) is 5.92 Å². The fourth-order valence-corrected chi connectivity index (χ4v) is 4.19. The van der Waals surface area contributed by atoms with Crippen LogP contribution in [-0.2, 0) is 10.0 Å². The van der Waals surface area contributed by atoms with Crippen LogP contribution in [0.1, 0.15) is 19.8 Å². The van der Waals surface area contributed by atoms with E-state index in [-0.39, 0.29) is 4.90 Å². The van der Waals surface area contributed by atoms with E-state index in [4.69, 9.17) is 0 Å². The van der Waals surface area contributed by atoms with Gasteiger partial charge in [0, 0.05) is 25.2 Å². The van der Waals surface area contributed by atoms with E-state index in [2.05, 4.69) is 21.8 Å². The molecule has 0 unspecified atom stereocenters. The first-order valence-electron chi connectivity index (χ1n) is 7.06. The van der Waals surface area contributed by atoms with Crippen LogP contribution in [0.4, 0.5) is 0 Å². The summed E-state index contributed by atoms with van der Waals surface area (Å²) in [6, 6.07) is 6.14. The highest BCUT2D eigenvalue weighted by molar-refractivity contribution is 7.89. The van der Waals surface area contributed by atoms with Crippen LogP contribution >= 0.6 is 0 Å². The number of nitrogens with zero attached hydrogens (tertiary/aromatic N) is 3. The highest BCUT2D eigenvalue weighted by Crippen LogP contribution is 2.23. The topological polar surface area (TPSA) is 100 Å². The van der Waals surface area contributed by atoms with E-state index in [0.717, 1.165) is 17.6 Å². The van der Waals surface area contributed by atoms with Crippen molar-refractivity contribution in [3.8, 4) is 5.69 Å². The maximum Gasteiger partial charge on any atom is 0.493 e. The van der Waals surface area contributed by atoms with Gasteiger partial charge in [0.15, 0.2) is 0 Å². The zero-order chi connectivity index (χ0) is 15.7. The standard InChI is InChI=1S/C13H16N4O4S/c1-10-3-2-8-16(9-10)22(19,20)12-6-4-11(5-7-12)17-14-13(18)21-15-17/h4-7,10H,2-3,8-9H2,1H3/p+1/t10-/m0/s1. The number of benzene rings is 1. The lowest BCUT2D eigenvalue weighted by molar-refractivity contribution is -0.725. The van der Waals surface area contributed by atoms with E-state index >= 15 is 0 Å². The summed E-state index contributed by atoms with van der Waals surface area (Å²) in [7, 11) is -3.48. The molecule has 2 heterocycles. The second-order valence-electron chi connectivity index (χ2n) is 5.49. The number of H-pyrrole nitrogens is 1. The Bertz CT molecular complexity index is 809. The van der Waals surface area contributed by atoms with Gasteiger partial charge in [-0.15, -0.1) is 0 Å². The Labute approximate surface area is 127 Å². The van der Waals surface area contributed by atoms with E-state index in [1.165, 1.54) is 16.4 Å². The third-order valence-corrected chi connectivity index (χ3v) is 5.62. The number of piperidine rings is 1. The molecule has 3 rings (SSSR count). The lowest BCUT2D eigenvalue weighted by Gasteiger charge is -2.29. The molecule has 1 fully saturated rings. The summed E-state index contributed by atoms with van der Waals surface area (Å²) < 4.78 is 31.2. The Balaban J connectivity index is 1.87. The fourth-order valence-electron chi connectivity index (χ4n) is 2.59. The molecule has 1 aromatic carbocycles. The van der Waals surface area contributed by atoms with Gasteiger partial charge in [0.25, 0.3) is 5.69 Å². The number of hydrogen-bond acceptors (Lipinski definition) is 5. The molecule has 1 aliphatic rings. The molecule has 0 bridgehead atoms. The molecule has 1 atom stereocenters. The Morgan fingerprint density at radius 3 is 2.68 bits per heavy atom. The molecule has 22 heavy (non-hydrogen) atoms. The molecule has 0 amide bonds. The molecule has 1 aromatic heterocycles. The third-order valence-electron chi connectivity index (χ3n) is 3.74. The second-order valence-corrected chi connectivity index (χ2v) is 7.43. The zero-order valence-corrected chi connectivity index (χ0v) is 12.9. The highest BCUT2D eigenvalue weighted by Gasteiger charge is 2.29. The molecule has 2 aromatic rings. The SMILES string of the molecule is C[C@H]1CCCN(S(=O)(=O)c2ccc(-[n+]3noc(=O)[nH]3)cc2)C1. The first-order valence-corrected chi connectivity index (χ1v) is 8.50. The van der Waals surface area contributed by atoms with Gasteiger partial charge >= 0.3 is 5.76 Å². The minimum atomic E-state index is -3.48. The van der Waals surface area contributed by atoms with Gasteiger partial charge in [0.1, 0.15) is 0 Å². The van der Waals surface area contributed by atoms with Crippen molar-refractivity contribution in [2.75, 3.05) is 13.1 Å². The van der Waals surface area contributed by atoms with Crippen molar-refractivity contribution in [3.05, 3.63) is 34.8 Å². The molecule has 8 nitrogen and oxygen atoms in total. The average molecular weight is 325 g/mol. The molecule has 1 N–H and O–H groups in total. The Hall–Kier alpha value is -2.00. The Morgan fingerprint density at radius 1 is 1.36 bits per heavy atom. The summed E-state index contributed by atoms with van der Waals surface area (Å²) in [5.41, 5.74) is 0.511. The van der Waals surface area contributed by atoms with Gasteiger partial charge in [-0.1, -0.05) is 12.0 Å². The lowest BCUT2D eigenvalue weighted by Crippen LogP contribution is -2.39. The number of nitrogens with one attached hydrogen (secondary N) is 1. The number of hydrogen-bond donors (Lipinski definition) is 1. The summed E-state index contributed by atoms with van der Waals surface area (Å²) >= 11 is 0. The predicted octanol–water partition coefficient (Wildman–Crippen LogP) is 0.0602. The quantitative estimate of drug-likeness (QED) is 0.804. The minimum absolute atomic E-state index is 0.233. The van der Waals surface area contributed by atoms with Crippen LogP contribution in [0.25, 0.3) is 5.69 Å². The Kier molecular flexibility index (Phi) is 3.83. The van der Waals surface area contributed by atoms with Crippen molar-refractivity contribution in [3.63, 3.8) is 0 Å². The largest absolute Gasteiger partial charge is 0.493 e. The minimum Gasteiger partial charge on any atom is -0.239 e. The van der Waals surface area contributed by atoms with Crippen LogP contribution < -0.4 is 10.6 Å². The fraction of sp³-hybridized carbons (Fsp3) is 0.462. The lowest BCUT2D eigenvalue weighted by atomic mass is 10.0. The van der Waals surface area contributed by atoms with E-state index in [1.54, 1.807) is 12.1 Å². The van der Waals surface area contributed by atoms with Crippen LogP contribution in [0.2, 0.25) is 0 Å². The van der Waals surface area contributed by atoms with Crippen LogP contribution in [0.5, 0.6) is 0 Å². The van der Waals surface area contributed by atoms with Crippen molar-refractivity contribution >= 4 is 10.0 Å². The molecule has 1 aliphatic heterocycles. The molecule has 0 saturated carbocycles. The maximum atomic E-state index is 12.6. The van der Waals surface area contributed by atoms with E-state index in [1.807, 2.05) is 0 Å². The van der Waals surface area contributed by atoms with Crippen molar-refractivity contribution in [1.29, 1.82) is 0 Å². The van der Waals surface area contributed by atoms with Crippen LogP contribution in [-0.4, -0.2) is 36.2 Å². The summed E-state index contributed by atoms with van der Waals surface area (Å²) in [6.07, 6.45) is 1.94. The van der Waals surface area contributed by atoms with Gasteiger partial charge in [-0.25, -0.2) is 17.7 Å². The zero-order valence-electron chi connectivity index (χ0n) is 12.1. The number of sulfonamides is 1.